The Morgan fingerprint density at radius 1 is 1.28 bits per heavy atom. The Morgan fingerprint density at radius 3 is 2.44 bits per heavy atom. The van der Waals surface area contributed by atoms with Gasteiger partial charge in [0.2, 0.25) is 10.0 Å². The van der Waals surface area contributed by atoms with Gasteiger partial charge in [-0.1, -0.05) is 31.0 Å². The minimum absolute atomic E-state index is 0.256. The second kappa shape index (κ2) is 4.71. The van der Waals surface area contributed by atoms with Gasteiger partial charge >= 0.3 is 0 Å². The molecule has 0 amide bonds. The van der Waals surface area contributed by atoms with E-state index in [-0.39, 0.29) is 4.90 Å². The average Bonchev–Trinajstić information content (AvgIpc) is 2.78. The fourth-order valence-electron chi connectivity index (χ4n) is 2.39. The van der Waals surface area contributed by atoms with Crippen molar-refractivity contribution in [1.29, 1.82) is 5.26 Å². The zero-order chi connectivity index (χ0) is 13.2. The highest BCUT2D eigenvalue weighted by atomic mass is 32.2. The van der Waals surface area contributed by atoms with Gasteiger partial charge in [-0.25, -0.2) is 8.42 Å². The smallest absolute Gasteiger partial charge is 0.207 e. The minimum Gasteiger partial charge on any atom is -0.207 e. The predicted octanol–water partition coefficient (Wildman–Crippen LogP) is 2.11. The normalized spacial score (nSPS) is 18.4. The molecule has 1 aliphatic rings. The Labute approximate surface area is 108 Å². The summed E-state index contributed by atoms with van der Waals surface area (Å²) in [7, 11) is -3.62. The number of hydrogen-bond acceptors (Lipinski definition) is 3. The fourth-order valence-corrected chi connectivity index (χ4v) is 4.01. The van der Waals surface area contributed by atoms with Gasteiger partial charge in [-0.3, -0.25) is 0 Å². The van der Waals surface area contributed by atoms with E-state index in [1.54, 1.807) is 31.2 Å². The highest BCUT2D eigenvalue weighted by Crippen LogP contribution is 2.31. The lowest BCUT2D eigenvalue weighted by Gasteiger charge is -2.22. The summed E-state index contributed by atoms with van der Waals surface area (Å²) in [4.78, 5) is 0.256. The molecule has 1 N–H and O–H groups in total. The van der Waals surface area contributed by atoms with E-state index in [1.165, 1.54) is 0 Å². The van der Waals surface area contributed by atoms with E-state index in [9.17, 15) is 13.7 Å². The number of nitriles is 1. The first-order chi connectivity index (χ1) is 8.49. The Hall–Kier alpha value is -1.38. The monoisotopic (exact) mass is 264 g/mol. The van der Waals surface area contributed by atoms with E-state index in [4.69, 9.17) is 0 Å². The molecule has 1 aromatic carbocycles. The second-order valence-electron chi connectivity index (χ2n) is 4.77. The van der Waals surface area contributed by atoms with Crippen LogP contribution < -0.4 is 4.72 Å². The van der Waals surface area contributed by atoms with Gasteiger partial charge in [0.15, 0.2) is 0 Å². The molecule has 0 atom stereocenters. The molecule has 0 radical (unpaired) electrons. The van der Waals surface area contributed by atoms with E-state index in [2.05, 4.69) is 10.8 Å². The maximum Gasteiger partial charge on any atom is 0.242 e. The molecule has 0 unspecified atom stereocenters. The van der Waals surface area contributed by atoms with Gasteiger partial charge in [0.05, 0.1) is 11.0 Å². The maximum atomic E-state index is 12.3. The van der Waals surface area contributed by atoms with Crippen LogP contribution in [-0.2, 0) is 10.0 Å². The molecule has 0 bridgehead atoms. The number of benzene rings is 1. The van der Waals surface area contributed by atoms with Crippen molar-refractivity contribution >= 4 is 10.0 Å². The van der Waals surface area contributed by atoms with Crippen LogP contribution in [0.15, 0.2) is 29.2 Å². The molecule has 2 rings (SSSR count). The predicted molar refractivity (Wildman–Crippen MR) is 68.3 cm³/mol. The van der Waals surface area contributed by atoms with Crippen LogP contribution in [0.4, 0.5) is 0 Å². The molecule has 18 heavy (non-hydrogen) atoms. The first kappa shape index (κ1) is 13.1. The summed E-state index contributed by atoms with van der Waals surface area (Å²) in [5.41, 5.74) is -0.225. The summed E-state index contributed by atoms with van der Waals surface area (Å²) >= 11 is 0. The molecule has 0 heterocycles. The van der Waals surface area contributed by atoms with Crippen molar-refractivity contribution in [2.45, 2.75) is 43.0 Å². The molecule has 1 aromatic rings. The summed E-state index contributed by atoms with van der Waals surface area (Å²) in [6.45, 7) is 1.75. The van der Waals surface area contributed by atoms with Gasteiger partial charge < -0.3 is 0 Å². The molecule has 1 saturated carbocycles. The third kappa shape index (κ3) is 2.40. The zero-order valence-electron chi connectivity index (χ0n) is 10.3. The Kier molecular flexibility index (Phi) is 3.42. The number of rotatable bonds is 3. The van der Waals surface area contributed by atoms with Crippen molar-refractivity contribution < 1.29 is 8.42 Å². The van der Waals surface area contributed by atoms with Gasteiger partial charge in [0, 0.05) is 0 Å². The van der Waals surface area contributed by atoms with Crippen molar-refractivity contribution in [2.24, 2.45) is 0 Å². The third-order valence-electron chi connectivity index (χ3n) is 3.38. The van der Waals surface area contributed by atoms with Crippen LogP contribution >= 0.6 is 0 Å². The summed E-state index contributed by atoms with van der Waals surface area (Å²) in [6, 6.07) is 8.94. The fraction of sp³-hybridized carbons (Fsp3) is 0.462. The number of nitrogens with one attached hydrogen (secondary N) is 1. The molecule has 5 heteroatoms. The molecule has 0 aromatic heterocycles. The molecule has 0 aliphatic heterocycles. The first-order valence-corrected chi connectivity index (χ1v) is 7.48. The zero-order valence-corrected chi connectivity index (χ0v) is 11.1. The first-order valence-electron chi connectivity index (χ1n) is 6.00. The summed E-state index contributed by atoms with van der Waals surface area (Å²) in [5, 5.41) is 9.22. The van der Waals surface area contributed by atoms with Crippen LogP contribution in [0.5, 0.6) is 0 Å². The lowest BCUT2D eigenvalue weighted by atomic mass is 10.0. The quantitative estimate of drug-likeness (QED) is 0.909. The van der Waals surface area contributed by atoms with Gasteiger partial charge in [0.25, 0.3) is 0 Å². The van der Waals surface area contributed by atoms with Gasteiger partial charge in [-0.2, -0.15) is 9.98 Å². The SMILES string of the molecule is Cc1ccccc1S(=O)(=O)NC1(C#N)CCCC1. The molecule has 1 fully saturated rings. The maximum absolute atomic E-state index is 12.3. The Morgan fingerprint density at radius 2 is 1.89 bits per heavy atom. The van der Waals surface area contributed by atoms with E-state index in [0.29, 0.717) is 18.4 Å². The number of aryl methyl sites for hydroxylation is 1. The van der Waals surface area contributed by atoms with Crippen molar-refractivity contribution in [1.82, 2.24) is 4.72 Å². The van der Waals surface area contributed by atoms with Gasteiger partial charge in [0.1, 0.15) is 5.54 Å². The second-order valence-corrected chi connectivity index (χ2v) is 6.42. The topological polar surface area (TPSA) is 70.0 Å². The van der Waals surface area contributed by atoms with Gasteiger partial charge in [-0.05, 0) is 31.4 Å². The lowest BCUT2D eigenvalue weighted by molar-refractivity contribution is 0.485. The highest BCUT2D eigenvalue weighted by molar-refractivity contribution is 7.89. The number of sulfonamides is 1. The molecule has 1 aliphatic carbocycles. The van der Waals surface area contributed by atoms with Crippen molar-refractivity contribution in [3.8, 4) is 6.07 Å². The molecule has 0 spiro atoms. The van der Waals surface area contributed by atoms with Crippen molar-refractivity contribution in [3.05, 3.63) is 29.8 Å². The van der Waals surface area contributed by atoms with Gasteiger partial charge in [-0.15, -0.1) is 0 Å². The molecule has 4 nitrogen and oxygen atoms in total. The summed E-state index contributed by atoms with van der Waals surface area (Å²) in [5.74, 6) is 0. The van der Waals surface area contributed by atoms with E-state index < -0.39 is 15.6 Å². The van der Waals surface area contributed by atoms with Crippen LogP contribution in [0.25, 0.3) is 0 Å². The lowest BCUT2D eigenvalue weighted by Crippen LogP contribution is -2.45. The Bertz CT molecular complexity index is 581. The minimum atomic E-state index is -3.62. The number of hydrogen-bond donors (Lipinski definition) is 1. The van der Waals surface area contributed by atoms with Crippen LogP contribution in [0.1, 0.15) is 31.2 Å². The van der Waals surface area contributed by atoms with E-state index in [0.717, 1.165) is 12.8 Å². The third-order valence-corrected chi connectivity index (χ3v) is 5.08. The highest BCUT2D eigenvalue weighted by Gasteiger charge is 2.38. The van der Waals surface area contributed by atoms with E-state index in [1.807, 2.05) is 0 Å². The summed E-state index contributed by atoms with van der Waals surface area (Å²) < 4.78 is 27.2. The van der Waals surface area contributed by atoms with Crippen LogP contribution in [0, 0.1) is 18.3 Å². The van der Waals surface area contributed by atoms with E-state index >= 15 is 0 Å². The van der Waals surface area contributed by atoms with Crippen LogP contribution in [0.2, 0.25) is 0 Å². The molecular weight excluding hydrogens is 248 g/mol. The van der Waals surface area contributed by atoms with Crippen molar-refractivity contribution in [2.75, 3.05) is 0 Å². The van der Waals surface area contributed by atoms with Crippen molar-refractivity contribution in [3.63, 3.8) is 0 Å². The average molecular weight is 264 g/mol. The molecule has 96 valence electrons. The summed E-state index contributed by atoms with van der Waals surface area (Å²) in [6.07, 6.45) is 2.97. The van der Waals surface area contributed by atoms with Crippen LogP contribution in [0.3, 0.4) is 0 Å². The van der Waals surface area contributed by atoms with Crippen LogP contribution in [-0.4, -0.2) is 14.0 Å². The largest absolute Gasteiger partial charge is 0.242 e. The molecular formula is C13H16N2O2S. The number of nitrogens with zero attached hydrogens (tertiary/aromatic N) is 1. The molecule has 0 saturated heterocycles. The Balaban J connectivity index is 2.34. The standard InChI is InChI=1S/C13H16N2O2S/c1-11-6-2-3-7-12(11)18(16,17)15-13(10-14)8-4-5-9-13/h2-3,6-7,15H,4-5,8-9H2,1H3.